The van der Waals surface area contributed by atoms with Crippen molar-refractivity contribution in [1.29, 1.82) is 0 Å². The van der Waals surface area contributed by atoms with E-state index in [2.05, 4.69) is 10.6 Å². The van der Waals surface area contributed by atoms with Gasteiger partial charge in [-0.3, -0.25) is 4.79 Å². The van der Waals surface area contributed by atoms with Gasteiger partial charge in [-0.15, -0.1) is 0 Å². The molecule has 0 saturated heterocycles. The first kappa shape index (κ1) is 19.1. The van der Waals surface area contributed by atoms with E-state index in [0.717, 1.165) is 31.4 Å². The van der Waals surface area contributed by atoms with Gasteiger partial charge in [0, 0.05) is 12.1 Å². The van der Waals surface area contributed by atoms with Crippen LogP contribution in [-0.2, 0) is 11.2 Å². The number of methoxy groups -OCH3 is 1. The van der Waals surface area contributed by atoms with Crippen molar-refractivity contribution < 1.29 is 19.4 Å². The predicted molar refractivity (Wildman–Crippen MR) is 95.8 cm³/mol. The maximum absolute atomic E-state index is 12.1. The minimum Gasteiger partial charge on any atom is -0.497 e. The zero-order chi connectivity index (χ0) is 18.2. The Morgan fingerprint density at radius 1 is 1.20 bits per heavy atom. The summed E-state index contributed by atoms with van der Waals surface area (Å²) in [5.74, 6) is -0.147. The van der Waals surface area contributed by atoms with Gasteiger partial charge in [-0.2, -0.15) is 0 Å². The average Bonchev–Trinajstić information content (AvgIpc) is 2.60. The van der Waals surface area contributed by atoms with Crippen molar-refractivity contribution >= 4 is 12.0 Å². The third-order valence-electron chi connectivity index (χ3n) is 4.81. The van der Waals surface area contributed by atoms with Crippen molar-refractivity contribution in [1.82, 2.24) is 10.6 Å². The standard InChI is InChI=1S/C19H28N2O4/c1-13(3-4-14-5-11-17(25-2)12-6-14)20-19(24)21-16-9-7-15(8-10-16)18(22)23/h5-6,11-13,15-16H,3-4,7-10H2,1-2H3,(H,22,23)(H2,20,21,24). The van der Waals surface area contributed by atoms with Crippen LogP contribution < -0.4 is 15.4 Å². The second-order valence-electron chi connectivity index (χ2n) is 6.79. The molecular formula is C19H28N2O4. The fourth-order valence-corrected chi connectivity index (χ4v) is 3.18. The first-order chi connectivity index (χ1) is 12.0. The van der Waals surface area contributed by atoms with Crippen LogP contribution in [0, 0.1) is 5.92 Å². The molecule has 1 fully saturated rings. The molecule has 0 bridgehead atoms. The van der Waals surface area contributed by atoms with Gasteiger partial charge in [0.15, 0.2) is 0 Å². The number of rotatable bonds is 7. The Bertz CT molecular complexity index is 565. The molecule has 1 saturated carbocycles. The number of carboxylic acid groups (broad SMARTS) is 1. The van der Waals surface area contributed by atoms with Gasteiger partial charge in [0.1, 0.15) is 5.75 Å². The maximum Gasteiger partial charge on any atom is 0.315 e. The lowest BCUT2D eigenvalue weighted by atomic mass is 9.86. The van der Waals surface area contributed by atoms with Gasteiger partial charge < -0.3 is 20.5 Å². The summed E-state index contributed by atoms with van der Waals surface area (Å²) in [4.78, 5) is 23.0. The van der Waals surface area contributed by atoms with Crippen LogP contribution in [0.3, 0.4) is 0 Å². The Morgan fingerprint density at radius 3 is 2.40 bits per heavy atom. The van der Waals surface area contributed by atoms with Crippen LogP contribution in [0.4, 0.5) is 4.79 Å². The lowest BCUT2D eigenvalue weighted by molar-refractivity contribution is -0.142. The number of amides is 2. The van der Waals surface area contributed by atoms with Crippen LogP contribution in [0.25, 0.3) is 0 Å². The molecule has 0 aromatic heterocycles. The van der Waals surface area contributed by atoms with Crippen LogP contribution in [0.1, 0.15) is 44.6 Å². The molecule has 1 unspecified atom stereocenters. The monoisotopic (exact) mass is 348 g/mol. The molecular weight excluding hydrogens is 320 g/mol. The maximum atomic E-state index is 12.1. The van der Waals surface area contributed by atoms with Gasteiger partial charge in [-0.25, -0.2) is 4.79 Å². The molecule has 6 nitrogen and oxygen atoms in total. The zero-order valence-electron chi connectivity index (χ0n) is 15.0. The van der Waals surface area contributed by atoms with Crippen LogP contribution in [0.15, 0.2) is 24.3 Å². The summed E-state index contributed by atoms with van der Waals surface area (Å²) in [6, 6.07) is 7.92. The molecule has 2 amide bonds. The smallest absolute Gasteiger partial charge is 0.315 e. The molecule has 25 heavy (non-hydrogen) atoms. The molecule has 1 atom stereocenters. The lowest BCUT2D eigenvalue weighted by Crippen LogP contribution is -2.46. The van der Waals surface area contributed by atoms with Gasteiger partial charge in [0.25, 0.3) is 0 Å². The van der Waals surface area contributed by atoms with Crippen molar-refractivity contribution in [3.8, 4) is 5.75 Å². The quantitative estimate of drug-likeness (QED) is 0.707. The van der Waals surface area contributed by atoms with E-state index in [1.807, 2.05) is 31.2 Å². The van der Waals surface area contributed by atoms with E-state index in [-0.39, 0.29) is 24.0 Å². The number of hydrogen-bond acceptors (Lipinski definition) is 3. The minimum atomic E-state index is -0.727. The number of carbonyl (C=O) groups excluding carboxylic acids is 1. The summed E-state index contributed by atoms with van der Waals surface area (Å²) in [5, 5.41) is 14.9. The highest BCUT2D eigenvalue weighted by molar-refractivity contribution is 5.74. The van der Waals surface area contributed by atoms with E-state index in [4.69, 9.17) is 9.84 Å². The van der Waals surface area contributed by atoms with Crippen LogP contribution in [0.5, 0.6) is 5.75 Å². The first-order valence-electron chi connectivity index (χ1n) is 8.90. The molecule has 0 spiro atoms. The van der Waals surface area contributed by atoms with E-state index in [0.29, 0.717) is 12.8 Å². The predicted octanol–water partition coefficient (Wildman–Crippen LogP) is 2.96. The largest absolute Gasteiger partial charge is 0.497 e. The number of nitrogens with one attached hydrogen (secondary N) is 2. The second-order valence-corrected chi connectivity index (χ2v) is 6.79. The summed E-state index contributed by atoms with van der Waals surface area (Å²) < 4.78 is 5.14. The Kier molecular flexibility index (Phi) is 7.10. The van der Waals surface area contributed by atoms with Crippen molar-refractivity contribution in [3.05, 3.63) is 29.8 Å². The first-order valence-corrected chi connectivity index (χ1v) is 8.90. The molecule has 0 radical (unpaired) electrons. The van der Waals surface area contributed by atoms with Crippen LogP contribution in [0.2, 0.25) is 0 Å². The Balaban J connectivity index is 1.66. The van der Waals surface area contributed by atoms with Crippen molar-refractivity contribution in [2.24, 2.45) is 5.92 Å². The molecule has 6 heteroatoms. The summed E-state index contributed by atoms with van der Waals surface area (Å²) in [6.45, 7) is 1.99. The van der Waals surface area contributed by atoms with Crippen molar-refractivity contribution in [3.63, 3.8) is 0 Å². The van der Waals surface area contributed by atoms with E-state index in [1.54, 1.807) is 7.11 Å². The molecule has 1 aliphatic carbocycles. The van der Waals surface area contributed by atoms with E-state index in [9.17, 15) is 9.59 Å². The van der Waals surface area contributed by atoms with Gasteiger partial charge in [-0.1, -0.05) is 12.1 Å². The van der Waals surface area contributed by atoms with E-state index in [1.165, 1.54) is 5.56 Å². The molecule has 2 rings (SSSR count). The van der Waals surface area contributed by atoms with Gasteiger partial charge in [0.2, 0.25) is 0 Å². The molecule has 1 aromatic carbocycles. The fraction of sp³-hybridized carbons (Fsp3) is 0.579. The summed E-state index contributed by atoms with van der Waals surface area (Å²) in [7, 11) is 1.65. The Hall–Kier alpha value is -2.24. The van der Waals surface area contributed by atoms with E-state index < -0.39 is 5.97 Å². The molecule has 1 aliphatic rings. The van der Waals surface area contributed by atoms with Gasteiger partial charge in [0.05, 0.1) is 13.0 Å². The third kappa shape index (κ3) is 6.29. The number of carboxylic acids is 1. The summed E-state index contributed by atoms with van der Waals surface area (Å²) in [5.41, 5.74) is 1.21. The van der Waals surface area contributed by atoms with Crippen LogP contribution >= 0.6 is 0 Å². The molecule has 3 N–H and O–H groups in total. The number of hydrogen-bond donors (Lipinski definition) is 3. The topological polar surface area (TPSA) is 87.7 Å². The second kappa shape index (κ2) is 9.30. The number of benzene rings is 1. The number of urea groups is 1. The Morgan fingerprint density at radius 2 is 1.84 bits per heavy atom. The highest BCUT2D eigenvalue weighted by atomic mass is 16.5. The van der Waals surface area contributed by atoms with Crippen LogP contribution in [-0.4, -0.2) is 36.3 Å². The SMILES string of the molecule is COc1ccc(CCC(C)NC(=O)NC2CCC(C(=O)O)CC2)cc1. The zero-order valence-corrected chi connectivity index (χ0v) is 15.0. The fourth-order valence-electron chi connectivity index (χ4n) is 3.18. The number of aryl methyl sites for hydroxylation is 1. The third-order valence-corrected chi connectivity index (χ3v) is 4.81. The molecule has 138 valence electrons. The highest BCUT2D eigenvalue weighted by Gasteiger charge is 2.26. The highest BCUT2D eigenvalue weighted by Crippen LogP contribution is 2.24. The van der Waals surface area contributed by atoms with E-state index >= 15 is 0 Å². The number of ether oxygens (including phenoxy) is 1. The molecule has 1 aromatic rings. The van der Waals surface area contributed by atoms with Crippen molar-refractivity contribution in [2.75, 3.05) is 7.11 Å². The number of aliphatic carboxylic acids is 1. The van der Waals surface area contributed by atoms with Gasteiger partial charge >= 0.3 is 12.0 Å². The lowest BCUT2D eigenvalue weighted by Gasteiger charge is -2.27. The Labute approximate surface area is 149 Å². The molecule has 0 aliphatic heterocycles. The average molecular weight is 348 g/mol. The number of carbonyl (C=O) groups is 2. The van der Waals surface area contributed by atoms with Gasteiger partial charge in [-0.05, 0) is 63.1 Å². The minimum absolute atomic E-state index is 0.0671. The summed E-state index contributed by atoms with van der Waals surface area (Å²) in [6.07, 6.45) is 4.45. The summed E-state index contributed by atoms with van der Waals surface area (Å²) >= 11 is 0. The van der Waals surface area contributed by atoms with Crippen molar-refractivity contribution in [2.45, 2.75) is 57.5 Å². The normalized spacial score (nSPS) is 21.2. The molecule has 0 heterocycles.